The van der Waals surface area contributed by atoms with Crippen LogP contribution in [0, 0.1) is 0 Å². The first kappa shape index (κ1) is 10.9. The first-order valence-corrected chi connectivity index (χ1v) is 4.05. The number of halogens is 4. The highest BCUT2D eigenvalue weighted by Gasteiger charge is 2.39. The van der Waals surface area contributed by atoms with Crippen molar-refractivity contribution in [1.82, 2.24) is 9.97 Å². The van der Waals surface area contributed by atoms with Crippen molar-refractivity contribution in [2.24, 2.45) is 0 Å². The van der Waals surface area contributed by atoms with Crippen LogP contribution in [-0.4, -0.2) is 22.1 Å². The molecular formula is C6H3BrF3N3O. The van der Waals surface area contributed by atoms with E-state index in [1.54, 1.807) is 5.32 Å². The number of nitrogens with zero attached hydrogens (tertiary/aromatic N) is 2. The van der Waals surface area contributed by atoms with Gasteiger partial charge < -0.3 is 5.32 Å². The first-order valence-electron chi connectivity index (χ1n) is 3.26. The molecule has 4 nitrogen and oxygen atoms in total. The van der Waals surface area contributed by atoms with Gasteiger partial charge in [0.15, 0.2) is 5.82 Å². The molecule has 1 rings (SSSR count). The minimum Gasteiger partial charge on any atom is -0.301 e. The van der Waals surface area contributed by atoms with Crippen LogP contribution in [0.1, 0.15) is 0 Å². The molecule has 0 aliphatic heterocycles. The van der Waals surface area contributed by atoms with Crippen molar-refractivity contribution < 1.29 is 18.0 Å². The number of anilines is 1. The molecule has 0 radical (unpaired) electrons. The number of carbonyl (C=O) groups is 1. The third-order valence-corrected chi connectivity index (χ3v) is 1.72. The van der Waals surface area contributed by atoms with Gasteiger partial charge in [0.1, 0.15) is 4.60 Å². The molecule has 0 unspecified atom stereocenters. The van der Waals surface area contributed by atoms with E-state index in [-0.39, 0.29) is 10.4 Å². The van der Waals surface area contributed by atoms with Crippen LogP contribution in [0.25, 0.3) is 0 Å². The maximum Gasteiger partial charge on any atom is 0.471 e. The van der Waals surface area contributed by atoms with E-state index < -0.39 is 12.1 Å². The summed E-state index contributed by atoms with van der Waals surface area (Å²) in [5, 5.41) is 1.57. The molecule has 0 aliphatic rings. The van der Waals surface area contributed by atoms with Crippen LogP contribution in [0.4, 0.5) is 19.0 Å². The number of carbonyl (C=O) groups excluding carboxylic acids is 1. The van der Waals surface area contributed by atoms with Crippen LogP contribution in [0.2, 0.25) is 0 Å². The molecule has 0 aliphatic carbocycles. The van der Waals surface area contributed by atoms with E-state index in [9.17, 15) is 18.0 Å². The molecule has 1 aromatic heterocycles. The van der Waals surface area contributed by atoms with Gasteiger partial charge in [0.05, 0.1) is 0 Å². The fourth-order valence-corrected chi connectivity index (χ4v) is 0.903. The second kappa shape index (κ2) is 3.91. The predicted molar refractivity (Wildman–Crippen MR) is 44.4 cm³/mol. The summed E-state index contributed by atoms with van der Waals surface area (Å²) in [7, 11) is 0. The highest BCUT2D eigenvalue weighted by Crippen LogP contribution is 2.20. The van der Waals surface area contributed by atoms with Gasteiger partial charge in [-0.1, -0.05) is 0 Å². The van der Waals surface area contributed by atoms with E-state index >= 15 is 0 Å². The van der Waals surface area contributed by atoms with Gasteiger partial charge in [-0.15, -0.1) is 0 Å². The van der Waals surface area contributed by atoms with Crippen LogP contribution < -0.4 is 5.32 Å². The fourth-order valence-electron chi connectivity index (χ4n) is 0.583. The second-order valence-electron chi connectivity index (χ2n) is 2.15. The Morgan fingerprint density at radius 3 is 2.43 bits per heavy atom. The molecule has 0 atom stereocenters. The van der Waals surface area contributed by atoms with E-state index in [0.717, 1.165) is 6.20 Å². The summed E-state index contributed by atoms with van der Waals surface area (Å²) in [6.07, 6.45) is -2.50. The Labute approximate surface area is 84.7 Å². The lowest BCUT2D eigenvalue weighted by Crippen LogP contribution is -2.30. The van der Waals surface area contributed by atoms with E-state index in [1.807, 2.05) is 0 Å². The minimum absolute atomic E-state index is 0.0394. The predicted octanol–water partition coefficient (Wildman–Crippen LogP) is 1.74. The fraction of sp³-hybridized carbons (Fsp3) is 0.167. The number of amides is 1. The monoisotopic (exact) mass is 269 g/mol. The molecule has 1 aromatic rings. The number of hydrogen-bond donors (Lipinski definition) is 1. The average molecular weight is 270 g/mol. The number of aromatic nitrogens is 2. The lowest BCUT2D eigenvalue weighted by molar-refractivity contribution is -0.167. The van der Waals surface area contributed by atoms with Crippen molar-refractivity contribution in [3.05, 3.63) is 17.0 Å². The maximum absolute atomic E-state index is 11.8. The van der Waals surface area contributed by atoms with Crippen molar-refractivity contribution >= 4 is 27.7 Å². The van der Waals surface area contributed by atoms with Gasteiger partial charge in [0.25, 0.3) is 0 Å². The highest BCUT2D eigenvalue weighted by molar-refractivity contribution is 9.10. The summed E-state index contributed by atoms with van der Waals surface area (Å²) in [4.78, 5) is 17.5. The summed E-state index contributed by atoms with van der Waals surface area (Å²) in [6, 6.07) is 0. The minimum atomic E-state index is -4.93. The van der Waals surface area contributed by atoms with Gasteiger partial charge in [0, 0.05) is 12.4 Å². The highest BCUT2D eigenvalue weighted by atomic mass is 79.9. The Balaban J connectivity index is 2.80. The van der Waals surface area contributed by atoms with Gasteiger partial charge in [-0.3, -0.25) is 4.79 Å². The number of hydrogen-bond acceptors (Lipinski definition) is 3. The van der Waals surface area contributed by atoms with E-state index in [0.29, 0.717) is 0 Å². The average Bonchev–Trinajstić information content (AvgIpc) is 2.07. The quantitative estimate of drug-likeness (QED) is 0.845. The van der Waals surface area contributed by atoms with Crippen molar-refractivity contribution in [1.29, 1.82) is 0 Å². The first-order chi connectivity index (χ1) is 6.41. The zero-order valence-corrected chi connectivity index (χ0v) is 8.06. The van der Waals surface area contributed by atoms with Gasteiger partial charge in [0.2, 0.25) is 0 Å². The molecule has 0 saturated heterocycles. The molecule has 8 heteroatoms. The van der Waals surface area contributed by atoms with Crippen molar-refractivity contribution in [3.63, 3.8) is 0 Å². The Hall–Kier alpha value is -1.18. The molecule has 0 fully saturated rings. The van der Waals surface area contributed by atoms with Crippen molar-refractivity contribution in [2.75, 3.05) is 5.32 Å². The van der Waals surface area contributed by atoms with Crippen LogP contribution in [0.5, 0.6) is 0 Å². The summed E-state index contributed by atoms with van der Waals surface area (Å²) < 4.78 is 35.4. The lowest BCUT2D eigenvalue weighted by Gasteiger charge is -2.07. The Kier molecular flexibility index (Phi) is 3.04. The standard InChI is InChI=1S/C6H3BrF3N3O/c7-3-4(12-2-1-11-3)13-5(14)6(8,9)10/h1-2H,(H,12,13,14). The zero-order valence-electron chi connectivity index (χ0n) is 6.47. The number of alkyl halides is 3. The second-order valence-corrected chi connectivity index (χ2v) is 2.90. The molecule has 1 N–H and O–H groups in total. The normalized spacial score (nSPS) is 11.1. The number of nitrogens with one attached hydrogen (secondary N) is 1. The molecule has 1 heterocycles. The lowest BCUT2D eigenvalue weighted by atomic mass is 10.5. The van der Waals surface area contributed by atoms with Crippen LogP contribution >= 0.6 is 15.9 Å². The molecule has 1 amide bonds. The van der Waals surface area contributed by atoms with E-state index in [2.05, 4.69) is 25.9 Å². The molecule has 0 aromatic carbocycles. The van der Waals surface area contributed by atoms with Gasteiger partial charge in [-0.05, 0) is 15.9 Å². The van der Waals surface area contributed by atoms with Crippen LogP contribution in [-0.2, 0) is 4.79 Å². The molecule has 76 valence electrons. The van der Waals surface area contributed by atoms with Crippen molar-refractivity contribution in [2.45, 2.75) is 6.18 Å². The van der Waals surface area contributed by atoms with E-state index in [1.165, 1.54) is 6.20 Å². The topological polar surface area (TPSA) is 54.9 Å². The molecular weight excluding hydrogens is 267 g/mol. The third kappa shape index (κ3) is 2.66. The molecule has 0 saturated carbocycles. The van der Waals surface area contributed by atoms with Crippen LogP contribution in [0.15, 0.2) is 17.0 Å². The molecule has 14 heavy (non-hydrogen) atoms. The number of rotatable bonds is 1. The van der Waals surface area contributed by atoms with Gasteiger partial charge in [-0.25, -0.2) is 9.97 Å². The molecule has 0 bridgehead atoms. The van der Waals surface area contributed by atoms with Gasteiger partial charge >= 0.3 is 12.1 Å². The maximum atomic E-state index is 11.8. The van der Waals surface area contributed by atoms with Crippen molar-refractivity contribution in [3.8, 4) is 0 Å². The summed E-state index contributed by atoms with van der Waals surface area (Å²) in [5.41, 5.74) is 0. The third-order valence-electron chi connectivity index (χ3n) is 1.14. The van der Waals surface area contributed by atoms with Crippen LogP contribution in [0.3, 0.4) is 0 Å². The summed E-state index contributed by atoms with van der Waals surface area (Å²) >= 11 is 2.84. The van der Waals surface area contributed by atoms with E-state index in [4.69, 9.17) is 0 Å². The zero-order chi connectivity index (χ0) is 10.8. The smallest absolute Gasteiger partial charge is 0.301 e. The summed E-state index contributed by atoms with van der Waals surface area (Å²) in [6.45, 7) is 0. The SMILES string of the molecule is O=C(Nc1nccnc1Br)C(F)(F)F. The van der Waals surface area contributed by atoms with Gasteiger partial charge in [-0.2, -0.15) is 13.2 Å². The Bertz CT molecular complexity index is 354. The summed E-state index contributed by atoms with van der Waals surface area (Å²) in [5.74, 6) is -2.35. The largest absolute Gasteiger partial charge is 0.471 e. The Morgan fingerprint density at radius 2 is 1.93 bits per heavy atom. The Morgan fingerprint density at radius 1 is 1.36 bits per heavy atom. The molecule has 0 spiro atoms.